The summed E-state index contributed by atoms with van der Waals surface area (Å²) >= 11 is 0. The van der Waals surface area contributed by atoms with Crippen LogP contribution < -0.4 is 0 Å². The molecule has 1 fully saturated rings. The molecular formula is C18H23N3O2. The molecule has 1 atom stereocenters. The van der Waals surface area contributed by atoms with E-state index in [1.54, 1.807) is 12.1 Å². The van der Waals surface area contributed by atoms with E-state index in [-0.39, 0.29) is 0 Å². The van der Waals surface area contributed by atoms with Gasteiger partial charge in [0.05, 0.1) is 11.3 Å². The Morgan fingerprint density at radius 3 is 2.74 bits per heavy atom. The van der Waals surface area contributed by atoms with Crippen molar-refractivity contribution in [3.8, 4) is 0 Å². The van der Waals surface area contributed by atoms with Crippen LogP contribution in [0.15, 0.2) is 36.5 Å². The highest BCUT2D eigenvalue weighted by Crippen LogP contribution is 2.27. The van der Waals surface area contributed by atoms with Crippen molar-refractivity contribution in [2.75, 3.05) is 13.1 Å². The molecule has 0 bridgehead atoms. The summed E-state index contributed by atoms with van der Waals surface area (Å²) in [6.45, 7) is 5.98. The Kier molecular flexibility index (Phi) is 4.76. The number of piperidine rings is 1. The van der Waals surface area contributed by atoms with Crippen LogP contribution in [0.1, 0.15) is 47.3 Å². The van der Waals surface area contributed by atoms with Crippen LogP contribution >= 0.6 is 0 Å². The number of aromatic carboxylic acids is 1. The summed E-state index contributed by atoms with van der Waals surface area (Å²) < 4.78 is 1.96. The largest absolute Gasteiger partial charge is 0.478 e. The molecule has 1 saturated heterocycles. The molecule has 2 heterocycles. The van der Waals surface area contributed by atoms with Crippen LogP contribution in [0.25, 0.3) is 0 Å². The van der Waals surface area contributed by atoms with Gasteiger partial charge in [-0.2, -0.15) is 5.10 Å². The number of nitrogens with zero attached hydrogens (tertiary/aromatic N) is 3. The fraction of sp³-hybridized carbons (Fsp3) is 0.444. The molecule has 0 spiro atoms. The Balaban J connectivity index is 1.64. The minimum absolute atomic E-state index is 0.353. The Morgan fingerprint density at radius 2 is 2.09 bits per heavy atom. The van der Waals surface area contributed by atoms with Crippen LogP contribution in [0.3, 0.4) is 0 Å². The van der Waals surface area contributed by atoms with Gasteiger partial charge in [-0.25, -0.2) is 4.79 Å². The van der Waals surface area contributed by atoms with Crippen LogP contribution in [0, 0.1) is 0 Å². The first-order valence-corrected chi connectivity index (χ1v) is 8.23. The van der Waals surface area contributed by atoms with E-state index in [2.05, 4.69) is 23.0 Å². The number of hydrogen-bond acceptors (Lipinski definition) is 3. The minimum Gasteiger partial charge on any atom is -0.478 e. The normalized spacial score (nSPS) is 18.9. The molecule has 5 nitrogen and oxygen atoms in total. The van der Waals surface area contributed by atoms with Gasteiger partial charge in [-0.15, -0.1) is 0 Å². The molecule has 1 aromatic heterocycles. The van der Waals surface area contributed by atoms with Gasteiger partial charge in [-0.05, 0) is 56.0 Å². The summed E-state index contributed by atoms with van der Waals surface area (Å²) in [6, 6.07) is 9.43. The van der Waals surface area contributed by atoms with E-state index < -0.39 is 5.97 Å². The zero-order valence-corrected chi connectivity index (χ0v) is 13.5. The van der Waals surface area contributed by atoms with Crippen molar-refractivity contribution in [3.05, 3.63) is 53.3 Å². The van der Waals surface area contributed by atoms with Gasteiger partial charge >= 0.3 is 5.97 Å². The molecule has 2 aromatic rings. The fourth-order valence-electron chi connectivity index (χ4n) is 3.26. The lowest BCUT2D eigenvalue weighted by atomic mass is 9.90. The molecule has 122 valence electrons. The second-order valence-corrected chi connectivity index (χ2v) is 6.16. The van der Waals surface area contributed by atoms with Crippen LogP contribution in [-0.2, 0) is 13.1 Å². The molecule has 0 radical (unpaired) electrons. The number of hydrogen-bond donors (Lipinski definition) is 1. The van der Waals surface area contributed by atoms with Crippen molar-refractivity contribution < 1.29 is 9.90 Å². The molecule has 0 aliphatic carbocycles. The first-order valence-electron chi connectivity index (χ1n) is 8.23. The summed E-state index contributed by atoms with van der Waals surface area (Å²) in [5.74, 6) is -0.395. The average Bonchev–Trinajstić information content (AvgIpc) is 3.03. The number of carboxylic acids is 1. The van der Waals surface area contributed by atoms with E-state index in [4.69, 9.17) is 5.11 Å². The number of carbonyl (C=O) groups is 1. The molecule has 23 heavy (non-hydrogen) atoms. The first-order chi connectivity index (χ1) is 11.2. The topological polar surface area (TPSA) is 58.4 Å². The van der Waals surface area contributed by atoms with Crippen LogP contribution in [0.2, 0.25) is 0 Å². The SMILES string of the molecule is CCn1ccc(CN2CCCC(c3ccc(C(=O)O)cc3)C2)n1. The van der Waals surface area contributed by atoms with Gasteiger partial charge in [0.1, 0.15) is 0 Å². The highest BCUT2D eigenvalue weighted by atomic mass is 16.4. The summed E-state index contributed by atoms with van der Waals surface area (Å²) in [4.78, 5) is 13.4. The van der Waals surface area contributed by atoms with E-state index in [0.29, 0.717) is 11.5 Å². The Labute approximate surface area is 136 Å². The first kappa shape index (κ1) is 15.7. The van der Waals surface area contributed by atoms with Gasteiger partial charge in [0.15, 0.2) is 0 Å². The highest BCUT2D eigenvalue weighted by Gasteiger charge is 2.22. The molecule has 1 N–H and O–H groups in total. The molecule has 0 amide bonds. The molecule has 1 aliphatic heterocycles. The number of aryl methyl sites for hydroxylation is 1. The quantitative estimate of drug-likeness (QED) is 0.922. The maximum Gasteiger partial charge on any atom is 0.335 e. The fourth-order valence-corrected chi connectivity index (χ4v) is 3.26. The standard InChI is InChI=1S/C18H23N3O2/c1-2-21-11-9-17(19-21)13-20-10-3-4-16(12-20)14-5-7-15(8-6-14)18(22)23/h5-9,11,16H,2-4,10,12-13H2,1H3,(H,22,23). The number of benzene rings is 1. The number of rotatable bonds is 5. The molecule has 0 saturated carbocycles. The van der Waals surface area contributed by atoms with Crippen molar-refractivity contribution in [1.82, 2.24) is 14.7 Å². The Hall–Kier alpha value is -2.14. The van der Waals surface area contributed by atoms with E-state index in [0.717, 1.165) is 38.3 Å². The average molecular weight is 313 g/mol. The van der Waals surface area contributed by atoms with Crippen molar-refractivity contribution in [3.63, 3.8) is 0 Å². The second-order valence-electron chi connectivity index (χ2n) is 6.16. The predicted molar refractivity (Wildman–Crippen MR) is 88.6 cm³/mol. The van der Waals surface area contributed by atoms with E-state index >= 15 is 0 Å². The van der Waals surface area contributed by atoms with E-state index in [9.17, 15) is 4.79 Å². The number of aromatic nitrogens is 2. The lowest BCUT2D eigenvalue weighted by Gasteiger charge is -2.32. The number of likely N-dealkylation sites (tertiary alicyclic amines) is 1. The van der Waals surface area contributed by atoms with E-state index in [1.165, 1.54) is 12.0 Å². The maximum absolute atomic E-state index is 11.0. The van der Waals surface area contributed by atoms with Gasteiger partial charge in [-0.3, -0.25) is 9.58 Å². The monoisotopic (exact) mass is 313 g/mol. The summed E-state index contributed by atoms with van der Waals surface area (Å²) in [7, 11) is 0. The van der Waals surface area contributed by atoms with Gasteiger partial charge in [0, 0.05) is 25.8 Å². The van der Waals surface area contributed by atoms with Crippen molar-refractivity contribution in [1.29, 1.82) is 0 Å². The third-order valence-corrected chi connectivity index (χ3v) is 4.54. The van der Waals surface area contributed by atoms with Gasteiger partial charge < -0.3 is 5.11 Å². The van der Waals surface area contributed by atoms with Gasteiger partial charge in [-0.1, -0.05) is 12.1 Å². The van der Waals surface area contributed by atoms with Gasteiger partial charge in [0.2, 0.25) is 0 Å². The predicted octanol–water partition coefficient (Wildman–Crippen LogP) is 2.98. The molecule has 3 rings (SSSR count). The second kappa shape index (κ2) is 6.96. The van der Waals surface area contributed by atoms with Gasteiger partial charge in [0.25, 0.3) is 0 Å². The summed E-state index contributed by atoms with van der Waals surface area (Å²) in [5, 5.41) is 13.6. The third-order valence-electron chi connectivity index (χ3n) is 4.54. The minimum atomic E-state index is -0.867. The zero-order chi connectivity index (χ0) is 16.2. The Morgan fingerprint density at radius 1 is 1.30 bits per heavy atom. The highest BCUT2D eigenvalue weighted by molar-refractivity contribution is 5.87. The molecular weight excluding hydrogens is 290 g/mol. The number of carboxylic acid groups (broad SMARTS) is 1. The molecule has 1 aliphatic rings. The summed E-state index contributed by atoms with van der Waals surface area (Å²) in [5.41, 5.74) is 2.71. The van der Waals surface area contributed by atoms with Crippen LogP contribution in [0.4, 0.5) is 0 Å². The smallest absolute Gasteiger partial charge is 0.335 e. The lowest BCUT2D eigenvalue weighted by molar-refractivity contribution is 0.0697. The molecule has 1 aromatic carbocycles. The van der Waals surface area contributed by atoms with Crippen molar-refractivity contribution >= 4 is 5.97 Å². The maximum atomic E-state index is 11.0. The zero-order valence-electron chi connectivity index (χ0n) is 13.5. The van der Waals surface area contributed by atoms with Crippen LogP contribution in [0.5, 0.6) is 0 Å². The Bertz CT molecular complexity index is 663. The third kappa shape index (κ3) is 3.79. The molecule has 1 unspecified atom stereocenters. The van der Waals surface area contributed by atoms with E-state index in [1.807, 2.05) is 23.0 Å². The molecule has 5 heteroatoms. The van der Waals surface area contributed by atoms with Crippen molar-refractivity contribution in [2.24, 2.45) is 0 Å². The summed E-state index contributed by atoms with van der Waals surface area (Å²) in [6.07, 6.45) is 4.35. The van der Waals surface area contributed by atoms with Crippen LogP contribution in [-0.4, -0.2) is 38.8 Å². The van der Waals surface area contributed by atoms with Crippen molar-refractivity contribution in [2.45, 2.75) is 38.8 Å². The lowest BCUT2D eigenvalue weighted by Crippen LogP contribution is -2.34.